The molecule has 4 atom stereocenters. The van der Waals surface area contributed by atoms with Gasteiger partial charge in [-0.05, 0) is 25.2 Å². The zero-order valence-electron chi connectivity index (χ0n) is 12.6. The number of aryl methyl sites for hydroxylation is 1. The molecule has 3 rings (SSSR count). The highest BCUT2D eigenvalue weighted by molar-refractivity contribution is 5.32. The van der Waals surface area contributed by atoms with Crippen molar-refractivity contribution in [2.75, 3.05) is 12.4 Å². The van der Waals surface area contributed by atoms with Crippen molar-refractivity contribution in [1.29, 1.82) is 0 Å². The number of fused-ring (bicyclic) bond motifs is 2. The SMILES string of the molecule is CNc1ncc(C)c(OC2C3C=CC(C3)C2C(C)C)n1. The lowest BCUT2D eigenvalue weighted by Crippen LogP contribution is -2.34. The van der Waals surface area contributed by atoms with Gasteiger partial charge in [0.1, 0.15) is 6.10 Å². The summed E-state index contributed by atoms with van der Waals surface area (Å²) in [4.78, 5) is 8.68. The van der Waals surface area contributed by atoms with Crippen LogP contribution in [0.4, 0.5) is 5.95 Å². The Morgan fingerprint density at radius 1 is 1.30 bits per heavy atom. The molecule has 0 spiro atoms. The average molecular weight is 273 g/mol. The van der Waals surface area contributed by atoms with Crippen LogP contribution in [0.2, 0.25) is 0 Å². The van der Waals surface area contributed by atoms with E-state index < -0.39 is 0 Å². The Morgan fingerprint density at radius 3 is 2.75 bits per heavy atom. The number of nitrogens with zero attached hydrogens (tertiary/aromatic N) is 2. The van der Waals surface area contributed by atoms with Gasteiger partial charge in [0.25, 0.3) is 0 Å². The summed E-state index contributed by atoms with van der Waals surface area (Å²) < 4.78 is 6.31. The predicted molar refractivity (Wildman–Crippen MR) is 79.8 cm³/mol. The molecule has 1 fully saturated rings. The molecule has 1 aromatic heterocycles. The van der Waals surface area contributed by atoms with E-state index in [-0.39, 0.29) is 6.10 Å². The van der Waals surface area contributed by atoms with E-state index in [1.807, 2.05) is 20.2 Å². The Bertz CT molecular complexity index is 526. The monoisotopic (exact) mass is 273 g/mol. The molecule has 4 unspecified atom stereocenters. The molecule has 1 saturated carbocycles. The number of anilines is 1. The molecule has 2 bridgehead atoms. The van der Waals surface area contributed by atoms with Gasteiger partial charge in [-0.25, -0.2) is 4.98 Å². The Kier molecular flexibility index (Phi) is 3.40. The van der Waals surface area contributed by atoms with Crippen LogP contribution in [0.1, 0.15) is 25.8 Å². The summed E-state index contributed by atoms with van der Waals surface area (Å²) in [5, 5.41) is 2.97. The van der Waals surface area contributed by atoms with Crippen LogP contribution in [0, 0.1) is 30.6 Å². The topological polar surface area (TPSA) is 47.0 Å². The van der Waals surface area contributed by atoms with Crippen LogP contribution in [0.25, 0.3) is 0 Å². The van der Waals surface area contributed by atoms with E-state index in [1.165, 1.54) is 6.42 Å². The van der Waals surface area contributed by atoms with E-state index in [2.05, 4.69) is 41.3 Å². The summed E-state index contributed by atoms with van der Waals surface area (Å²) in [6.07, 6.45) is 8.01. The number of allylic oxidation sites excluding steroid dienone is 1. The van der Waals surface area contributed by atoms with E-state index in [0.717, 1.165) is 11.4 Å². The van der Waals surface area contributed by atoms with Gasteiger partial charge in [-0.3, -0.25) is 0 Å². The van der Waals surface area contributed by atoms with Gasteiger partial charge in [-0.1, -0.05) is 26.0 Å². The fourth-order valence-corrected chi connectivity index (χ4v) is 3.65. The number of aromatic nitrogens is 2. The van der Waals surface area contributed by atoms with Crippen molar-refractivity contribution < 1.29 is 4.74 Å². The first kappa shape index (κ1) is 13.4. The number of ether oxygens (including phenoxy) is 1. The molecule has 4 heteroatoms. The van der Waals surface area contributed by atoms with Crippen LogP contribution in [0.3, 0.4) is 0 Å². The Hall–Kier alpha value is -1.58. The number of nitrogens with one attached hydrogen (secondary N) is 1. The molecule has 0 saturated heterocycles. The zero-order chi connectivity index (χ0) is 14.3. The summed E-state index contributed by atoms with van der Waals surface area (Å²) in [6, 6.07) is 0. The highest BCUT2D eigenvalue weighted by Gasteiger charge is 2.47. The first-order valence-electron chi connectivity index (χ1n) is 7.46. The van der Waals surface area contributed by atoms with Crippen molar-refractivity contribution in [2.45, 2.75) is 33.3 Å². The molecule has 4 nitrogen and oxygen atoms in total. The second-order valence-electron chi connectivity index (χ2n) is 6.28. The maximum atomic E-state index is 6.31. The summed E-state index contributed by atoms with van der Waals surface area (Å²) in [5.41, 5.74) is 0.998. The highest BCUT2D eigenvalue weighted by Crippen LogP contribution is 2.48. The van der Waals surface area contributed by atoms with E-state index in [4.69, 9.17) is 4.74 Å². The largest absolute Gasteiger partial charge is 0.473 e. The third-order valence-corrected chi connectivity index (χ3v) is 4.61. The molecule has 0 aromatic carbocycles. The smallest absolute Gasteiger partial charge is 0.225 e. The molecule has 0 radical (unpaired) electrons. The predicted octanol–water partition coefficient (Wildman–Crippen LogP) is 3.05. The second kappa shape index (κ2) is 5.08. The van der Waals surface area contributed by atoms with Crippen LogP contribution in [0.5, 0.6) is 5.88 Å². The van der Waals surface area contributed by atoms with Gasteiger partial charge in [0.05, 0.1) is 0 Å². The van der Waals surface area contributed by atoms with Crippen molar-refractivity contribution in [3.05, 3.63) is 23.9 Å². The van der Waals surface area contributed by atoms with E-state index in [1.54, 1.807) is 0 Å². The lowest BCUT2D eigenvalue weighted by molar-refractivity contribution is 0.0895. The maximum absolute atomic E-state index is 6.31. The summed E-state index contributed by atoms with van der Waals surface area (Å²) >= 11 is 0. The van der Waals surface area contributed by atoms with Crippen LogP contribution in [0.15, 0.2) is 18.3 Å². The molecular formula is C16H23N3O. The first-order chi connectivity index (χ1) is 9.60. The van der Waals surface area contributed by atoms with Crippen molar-refractivity contribution in [3.8, 4) is 5.88 Å². The summed E-state index contributed by atoms with van der Waals surface area (Å²) in [7, 11) is 1.83. The third-order valence-electron chi connectivity index (χ3n) is 4.61. The van der Waals surface area contributed by atoms with Crippen LogP contribution in [-0.4, -0.2) is 23.1 Å². The van der Waals surface area contributed by atoms with Crippen LogP contribution < -0.4 is 10.1 Å². The zero-order valence-corrected chi connectivity index (χ0v) is 12.6. The normalized spacial score (nSPS) is 31.1. The molecule has 0 amide bonds. The lowest BCUT2D eigenvalue weighted by Gasteiger charge is -2.31. The fraction of sp³-hybridized carbons (Fsp3) is 0.625. The van der Waals surface area contributed by atoms with E-state index in [9.17, 15) is 0 Å². The number of hydrogen-bond acceptors (Lipinski definition) is 4. The molecule has 2 aliphatic carbocycles. The molecule has 1 heterocycles. The van der Waals surface area contributed by atoms with Gasteiger partial charge in [0, 0.05) is 30.6 Å². The van der Waals surface area contributed by atoms with Gasteiger partial charge in [-0.2, -0.15) is 4.98 Å². The lowest BCUT2D eigenvalue weighted by atomic mass is 9.82. The Labute approximate surface area is 120 Å². The van der Waals surface area contributed by atoms with Crippen molar-refractivity contribution >= 4 is 5.95 Å². The molecule has 1 N–H and O–H groups in total. The molecule has 20 heavy (non-hydrogen) atoms. The van der Waals surface area contributed by atoms with Crippen molar-refractivity contribution in [1.82, 2.24) is 9.97 Å². The molecule has 1 aromatic rings. The van der Waals surface area contributed by atoms with Crippen molar-refractivity contribution in [2.24, 2.45) is 23.7 Å². The minimum atomic E-state index is 0.253. The van der Waals surface area contributed by atoms with Gasteiger partial charge < -0.3 is 10.1 Å². The second-order valence-corrected chi connectivity index (χ2v) is 6.28. The summed E-state index contributed by atoms with van der Waals surface area (Å²) in [6.45, 7) is 6.59. The number of hydrogen-bond donors (Lipinski definition) is 1. The first-order valence-corrected chi connectivity index (χ1v) is 7.46. The number of rotatable bonds is 4. The van der Waals surface area contributed by atoms with Gasteiger partial charge in [0.15, 0.2) is 0 Å². The maximum Gasteiger partial charge on any atom is 0.225 e. The van der Waals surface area contributed by atoms with Crippen LogP contribution >= 0.6 is 0 Å². The summed E-state index contributed by atoms with van der Waals surface area (Å²) in [5.74, 6) is 3.78. The van der Waals surface area contributed by atoms with Gasteiger partial charge in [-0.15, -0.1) is 0 Å². The molecule has 108 valence electrons. The van der Waals surface area contributed by atoms with Gasteiger partial charge in [0.2, 0.25) is 11.8 Å². The quantitative estimate of drug-likeness (QED) is 0.857. The minimum absolute atomic E-state index is 0.253. The molecule has 0 aliphatic heterocycles. The minimum Gasteiger partial charge on any atom is -0.473 e. The Balaban J connectivity index is 1.85. The highest BCUT2D eigenvalue weighted by atomic mass is 16.5. The average Bonchev–Trinajstić information content (AvgIpc) is 3.01. The molecular weight excluding hydrogens is 250 g/mol. The van der Waals surface area contributed by atoms with Crippen LogP contribution in [-0.2, 0) is 0 Å². The van der Waals surface area contributed by atoms with E-state index in [0.29, 0.717) is 29.6 Å². The fourth-order valence-electron chi connectivity index (χ4n) is 3.65. The van der Waals surface area contributed by atoms with E-state index >= 15 is 0 Å². The van der Waals surface area contributed by atoms with Crippen molar-refractivity contribution in [3.63, 3.8) is 0 Å². The third kappa shape index (κ3) is 2.17. The molecule has 2 aliphatic rings. The van der Waals surface area contributed by atoms with Gasteiger partial charge >= 0.3 is 0 Å². The standard InChI is InChI=1S/C16H23N3O/c1-9(2)13-11-5-6-12(7-11)14(13)20-15-10(3)8-18-16(17-4)19-15/h5-6,8-9,11-14H,7H2,1-4H3,(H,17,18,19). The Morgan fingerprint density at radius 2 is 2.05 bits per heavy atom.